The number of carboxylic acid groups (broad SMARTS) is 1. The number of benzene rings is 1. The van der Waals surface area contributed by atoms with Crippen LogP contribution in [0.3, 0.4) is 0 Å². The Morgan fingerprint density at radius 1 is 1.19 bits per heavy atom. The fourth-order valence-corrected chi connectivity index (χ4v) is 2.85. The number of aliphatic carboxylic acids is 1. The van der Waals surface area contributed by atoms with Gasteiger partial charge in [0.25, 0.3) is 5.91 Å². The van der Waals surface area contributed by atoms with Gasteiger partial charge in [-0.2, -0.15) is 0 Å². The molecule has 114 valence electrons. The van der Waals surface area contributed by atoms with Crippen molar-refractivity contribution in [2.75, 3.05) is 6.54 Å². The van der Waals surface area contributed by atoms with Gasteiger partial charge in [-0.15, -0.1) is 0 Å². The summed E-state index contributed by atoms with van der Waals surface area (Å²) in [6.45, 7) is 0.132. The number of amides is 1. The predicted molar refractivity (Wildman–Crippen MR) is 76.6 cm³/mol. The lowest BCUT2D eigenvalue weighted by molar-refractivity contribution is -0.137. The van der Waals surface area contributed by atoms with Crippen molar-refractivity contribution in [3.63, 3.8) is 0 Å². The predicted octanol–water partition coefficient (Wildman–Crippen LogP) is 3.08. The van der Waals surface area contributed by atoms with Crippen molar-refractivity contribution in [2.45, 2.75) is 44.6 Å². The Balaban J connectivity index is 2.18. The highest BCUT2D eigenvalue weighted by atomic mass is 19.1. The van der Waals surface area contributed by atoms with Crippen LogP contribution in [0.25, 0.3) is 0 Å². The molecule has 0 saturated heterocycles. The molecule has 21 heavy (non-hydrogen) atoms. The standard InChI is InChI=1S/C16H20FNO3/c17-14-9-5-4-8-13(14)16(21)18(11-10-15(19)20)12-6-2-1-3-7-12/h4-5,8-9,12H,1-3,6-7,10-11H2,(H,19,20). The van der Waals surface area contributed by atoms with Crippen LogP contribution in [0.15, 0.2) is 24.3 Å². The quantitative estimate of drug-likeness (QED) is 0.907. The summed E-state index contributed by atoms with van der Waals surface area (Å²) in [4.78, 5) is 24.9. The van der Waals surface area contributed by atoms with Crippen LogP contribution >= 0.6 is 0 Å². The van der Waals surface area contributed by atoms with E-state index in [1.54, 1.807) is 11.0 Å². The van der Waals surface area contributed by atoms with Crippen molar-refractivity contribution in [1.29, 1.82) is 0 Å². The molecule has 0 spiro atoms. The van der Waals surface area contributed by atoms with Gasteiger partial charge in [-0.3, -0.25) is 9.59 Å². The largest absolute Gasteiger partial charge is 0.481 e. The Bertz CT molecular complexity index is 512. The number of carbonyl (C=O) groups is 2. The molecule has 1 aromatic carbocycles. The molecule has 0 aromatic heterocycles. The molecule has 1 amide bonds. The first kappa shape index (κ1) is 15.5. The van der Waals surface area contributed by atoms with Crippen LogP contribution < -0.4 is 0 Å². The molecule has 0 heterocycles. The number of nitrogens with zero attached hydrogens (tertiary/aromatic N) is 1. The molecule has 0 aliphatic heterocycles. The zero-order chi connectivity index (χ0) is 15.2. The average Bonchev–Trinajstić information content (AvgIpc) is 2.48. The third-order valence-electron chi connectivity index (χ3n) is 3.95. The van der Waals surface area contributed by atoms with Crippen LogP contribution in [-0.2, 0) is 4.79 Å². The molecule has 1 fully saturated rings. The van der Waals surface area contributed by atoms with Gasteiger partial charge in [0.1, 0.15) is 5.82 Å². The zero-order valence-corrected chi connectivity index (χ0v) is 11.9. The topological polar surface area (TPSA) is 57.6 Å². The molecule has 1 aromatic rings. The first-order chi connectivity index (χ1) is 10.1. The maximum absolute atomic E-state index is 13.8. The average molecular weight is 293 g/mol. The summed E-state index contributed by atoms with van der Waals surface area (Å²) >= 11 is 0. The molecule has 0 radical (unpaired) electrons. The number of carbonyl (C=O) groups excluding carboxylic acids is 1. The summed E-state index contributed by atoms with van der Waals surface area (Å²) in [5.74, 6) is -1.91. The van der Waals surface area contributed by atoms with E-state index in [4.69, 9.17) is 5.11 Å². The molecule has 2 rings (SSSR count). The number of rotatable bonds is 5. The maximum Gasteiger partial charge on any atom is 0.305 e. The molecular weight excluding hydrogens is 273 g/mol. The van der Waals surface area contributed by atoms with E-state index in [2.05, 4.69) is 0 Å². The number of halogens is 1. The van der Waals surface area contributed by atoms with Gasteiger partial charge in [0, 0.05) is 12.6 Å². The van der Waals surface area contributed by atoms with Gasteiger partial charge >= 0.3 is 5.97 Å². The molecule has 1 saturated carbocycles. The van der Waals surface area contributed by atoms with E-state index in [9.17, 15) is 14.0 Å². The lowest BCUT2D eigenvalue weighted by atomic mass is 9.93. The van der Waals surface area contributed by atoms with Gasteiger partial charge in [-0.25, -0.2) is 4.39 Å². The van der Waals surface area contributed by atoms with Gasteiger partial charge in [0.05, 0.1) is 12.0 Å². The highest BCUT2D eigenvalue weighted by Crippen LogP contribution is 2.24. The Morgan fingerprint density at radius 3 is 2.48 bits per heavy atom. The molecule has 1 N–H and O–H groups in total. The minimum absolute atomic E-state index is 0.0187. The SMILES string of the molecule is O=C(O)CCN(C(=O)c1ccccc1F)C1CCCCC1. The van der Waals surface area contributed by atoms with Crippen LogP contribution in [0.1, 0.15) is 48.9 Å². The summed E-state index contributed by atoms with van der Waals surface area (Å²) in [5, 5.41) is 8.86. The summed E-state index contributed by atoms with van der Waals surface area (Å²) in [7, 11) is 0. The van der Waals surface area contributed by atoms with Crippen molar-refractivity contribution in [3.05, 3.63) is 35.6 Å². The number of carboxylic acids is 1. The first-order valence-electron chi connectivity index (χ1n) is 7.37. The van der Waals surface area contributed by atoms with Crippen molar-refractivity contribution in [3.8, 4) is 0 Å². The molecule has 5 heteroatoms. The minimum Gasteiger partial charge on any atom is -0.481 e. The molecular formula is C16H20FNO3. The van der Waals surface area contributed by atoms with E-state index in [0.29, 0.717) is 0 Å². The second kappa shape index (κ2) is 7.20. The first-order valence-corrected chi connectivity index (χ1v) is 7.37. The smallest absolute Gasteiger partial charge is 0.305 e. The second-order valence-electron chi connectivity index (χ2n) is 5.41. The third-order valence-corrected chi connectivity index (χ3v) is 3.95. The lowest BCUT2D eigenvalue weighted by Crippen LogP contribution is -2.43. The Hall–Kier alpha value is -1.91. The highest BCUT2D eigenvalue weighted by molar-refractivity contribution is 5.94. The van der Waals surface area contributed by atoms with Crippen LogP contribution in [0.2, 0.25) is 0 Å². The van der Waals surface area contributed by atoms with E-state index in [-0.39, 0.29) is 24.6 Å². The second-order valence-corrected chi connectivity index (χ2v) is 5.41. The van der Waals surface area contributed by atoms with E-state index in [0.717, 1.165) is 32.1 Å². The fourth-order valence-electron chi connectivity index (χ4n) is 2.85. The lowest BCUT2D eigenvalue weighted by Gasteiger charge is -2.34. The molecule has 0 bridgehead atoms. The molecule has 0 unspecified atom stereocenters. The summed E-state index contributed by atoms with van der Waals surface area (Å²) < 4.78 is 13.8. The Labute approximate surface area is 123 Å². The monoisotopic (exact) mass is 293 g/mol. The third kappa shape index (κ3) is 4.03. The molecule has 1 aliphatic carbocycles. The summed E-state index contributed by atoms with van der Waals surface area (Å²) in [5.41, 5.74) is 0.0217. The summed E-state index contributed by atoms with van der Waals surface area (Å²) in [6, 6.07) is 5.88. The summed E-state index contributed by atoms with van der Waals surface area (Å²) in [6.07, 6.45) is 4.80. The fraction of sp³-hybridized carbons (Fsp3) is 0.500. The molecule has 4 nitrogen and oxygen atoms in total. The maximum atomic E-state index is 13.8. The number of hydrogen-bond donors (Lipinski definition) is 1. The van der Waals surface area contributed by atoms with Gasteiger partial charge < -0.3 is 10.0 Å². The minimum atomic E-state index is -0.947. The van der Waals surface area contributed by atoms with E-state index < -0.39 is 17.7 Å². The molecule has 1 aliphatic rings. The van der Waals surface area contributed by atoms with Crippen molar-refractivity contribution < 1.29 is 19.1 Å². The zero-order valence-electron chi connectivity index (χ0n) is 11.9. The van der Waals surface area contributed by atoms with E-state index in [1.807, 2.05) is 0 Å². The highest BCUT2D eigenvalue weighted by Gasteiger charge is 2.27. The van der Waals surface area contributed by atoms with E-state index >= 15 is 0 Å². The van der Waals surface area contributed by atoms with Gasteiger partial charge in [0.2, 0.25) is 0 Å². The van der Waals surface area contributed by atoms with Crippen LogP contribution in [0, 0.1) is 5.82 Å². The van der Waals surface area contributed by atoms with Crippen LogP contribution in [-0.4, -0.2) is 34.5 Å². The van der Waals surface area contributed by atoms with E-state index in [1.165, 1.54) is 18.2 Å². The van der Waals surface area contributed by atoms with Crippen molar-refractivity contribution in [2.24, 2.45) is 0 Å². The Kier molecular flexibility index (Phi) is 5.31. The van der Waals surface area contributed by atoms with Gasteiger partial charge in [-0.05, 0) is 25.0 Å². The van der Waals surface area contributed by atoms with Crippen LogP contribution in [0.5, 0.6) is 0 Å². The Morgan fingerprint density at radius 2 is 1.86 bits per heavy atom. The van der Waals surface area contributed by atoms with Crippen LogP contribution in [0.4, 0.5) is 4.39 Å². The van der Waals surface area contributed by atoms with Gasteiger partial charge in [0.15, 0.2) is 0 Å². The normalized spacial score (nSPS) is 15.7. The molecule has 0 atom stereocenters. The van der Waals surface area contributed by atoms with Gasteiger partial charge in [-0.1, -0.05) is 31.4 Å². The number of hydrogen-bond acceptors (Lipinski definition) is 2. The van der Waals surface area contributed by atoms with Crippen molar-refractivity contribution in [1.82, 2.24) is 4.90 Å². The van der Waals surface area contributed by atoms with Crippen molar-refractivity contribution >= 4 is 11.9 Å².